The lowest BCUT2D eigenvalue weighted by atomic mass is 9.98. The topological polar surface area (TPSA) is 432 Å². The van der Waals surface area contributed by atoms with Gasteiger partial charge in [-0.25, -0.2) is 4.98 Å². The molecule has 17 N–H and O–H groups in total. The van der Waals surface area contributed by atoms with E-state index in [-0.39, 0.29) is 106 Å². The zero-order chi connectivity index (χ0) is 63.3. The first-order valence-electron chi connectivity index (χ1n) is 29.5. The summed E-state index contributed by atoms with van der Waals surface area (Å²) in [6.07, 6.45) is 5.80. The second-order valence-corrected chi connectivity index (χ2v) is 22.8. The van der Waals surface area contributed by atoms with Crippen LogP contribution in [-0.4, -0.2) is 176 Å². The smallest absolute Gasteiger partial charge is 0.245 e. The van der Waals surface area contributed by atoms with Crippen molar-refractivity contribution in [2.24, 2.45) is 28.3 Å². The summed E-state index contributed by atoms with van der Waals surface area (Å²) in [6.45, 7) is 8.82. The molecule has 6 rings (SSSR count). The number of likely N-dealkylation sites (N-methyl/N-ethyl adjacent to an activating group) is 1. The summed E-state index contributed by atoms with van der Waals surface area (Å²) in [7, 11) is 0. The highest BCUT2D eigenvalue weighted by atomic mass is 16.3. The van der Waals surface area contributed by atoms with E-state index < -0.39 is 108 Å². The minimum Gasteiger partial charge on any atom is -0.508 e. The predicted molar refractivity (Wildman–Crippen MR) is 320 cm³/mol. The van der Waals surface area contributed by atoms with Crippen molar-refractivity contribution in [1.29, 1.82) is 0 Å². The van der Waals surface area contributed by atoms with Gasteiger partial charge >= 0.3 is 0 Å². The summed E-state index contributed by atoms with van der Waals surface area (Å²) < 4.78 is 0. The first-order chi connectivity index (χ1) is 41.5. The van der Waals surface area contributed by atoms with Crippen LogP contribution in [0.4, 0.5) is 0 Å². The van der Waals surface area contributed by atoms with Crippen LogP contribution >= 0.6 is 0 Å². The van der Waals surface area contributed by atoms with Gasteiger partial charge < -0.3 is 84.4 Å². The Labute approximate surface area is 504 Å². The van der Waals surface area contributed by atoms with Gasteiger partial charge in [0.25, 0.3) is 0 Å². The number of aromatic amines is 2. The number of aliphatic hydroxyl groups excluding tert-OH is 1. The van der Waals surface area contributed by atoms with Crippen LogP contribution in [0.2, 0.25) is 0 Å². The number of imidazole rings is 1. The summed E-state index contributed by atoms with van der Waals surface area (Å²) in [5.74, 6) is -7.55. The molecule has 2 saturated heterocycles. The van der Waals surface area contributed by atoms with E-state index in [2.05, 4.69) is 67.8 Å². The van der Waals surface area contributed by atoms with Gasteiger partial charge in [-0.3, -0.25) is 52.9 Å². The molecule has 28 heteroatoms. The van der Waals surface area contributed by atoms with Crippen molar-refractivity contribution in [2.75, 3.05) is 26.2 Å². The fourth-order valence-electron chi connectivity index (χ4n) is 10.5. The first kappa shape index (κ1) is 67.1. The standard InChI is InChI=1S/C59H84N16O12/c1-6-63-57(86)48-14-10-22-75(48)58(87)41(13-9-21-64-59(60)61)68-51(80)42(23-32(2)3)69-52(81)43(24-33(4)5)70-53(82)44(25-34-15-17-37(77)18-16-34)71-56(85)47(30-76)74-54(83)45(26-35-28-65-39-12-8-7-11-38(35)39)72-55(84)46(27-36-29-62-31-66-36)73-50(79)40-19-20-49(78)67-40/h7-8,11-12,15-18,28-29,31-33,40-48,65,76-77H,6,9-10,13-14,19-27,30H2,1-5H3,(H,62,66)(H,63,86)(H,67,78)(H,68,80)(H,69,81)(H,70,82)(H,71,85)(H,72,84)(H,73,79)(H,74,83)(H4,60,61,64)/t40-,41+,42+,43-,44+,45+,46+,47+,48+/m1/s1. The molecule has 0 bridgehead atoms. The van der Waals surface area contributed by atoms with Crippen molar-refractivity contribution >= 4 is 75.9 Å². The number of guanidine groups is 1. The van der Waals surface area contributed by atoms with Gasteiger partial charge in [-0.05, 0) is 93.0 Å². The van der Waals surface area contributed by atoms with Crippen LogP contribution in [0.3, 0.4) is 0 Å². The number of rotatable bonds is 32. The Morgan fingerprint density at radius 1 is 0.701 bits per heavy atom. The molecule has 0 radical (unpaired) electrons. The molecule has 2 fully saturated rings. The Kier molecular flexibility index (Phi) is 25.0. The molecule has 2 aliphatic rings. The molecule has 0 saturated carbocycles. The lowest BCUT2D eigenvalue weighted by molar-refractivity contribution is -0.142. The molecule has 2 aromatic carbocycles. The Balaban J connectivity index is 1.22. The Hall–Kier alpha value is -9.08. The van der Waals surface area contributed by atoms with Crippen molar-refractivity contribution in [3.8, 4) is 5.75 Å². The molecule has 9 atom stereocenters. The van der Waals surface area contributed by atoms with E-state index in [1.165, 1.54) is 41.7 Å². The zero-order valence-corrected chi connectivity index (χ0v) is 49.8. The van der Waals surface area contributed by atoms with Crippen LogP contribution in [0.5, 0.6) is 5.75 Å². The largest absolute Gasteiger partial charge is 0.508 e. The van der Waals surface area contributed by atoms with Crippen molar-refractivity contribution in [3.05, 3.63) is 84.1 Å². The molecule has 0 unspecified atom stereocenters. The summed E-state index contributed by atoms with van der Waals surface area (Å²) in [4.78, 5) is 155. The maximum Gasteiger partial charge on any atom is 0.245 e. The molecule has 87 heavy (non-hydrogen) atoms. The van der Waals surface area contributed by atoms with Crippen molar-refractivity contribution in [2.45, 2.75) is 160 Å². The van der Waals surface area contributed by atoms with Gasteiger partial charge in [0.1, 0.15) is 60.1 Å². The number of nitrogens with one attached hydrogen (secondary N) is 11. The van der Waals surface area contributed by atoms with Gasteiger partial charge in [-0.1, -0.05) is 58.0 Å². The number of nitrogens with zero attached hydrogens (tertiary/aromatic N) is 3. The Morgan fingerprint density at radius 3 is 1.85 bits per heavy atom. The Morgan fingerprint density at radius 2 is 1.28 bits per heavy atom. The SMILES string of the molecule is CCNC(=O)[C@@H]1CCCN1C(=O)[C@H](CCCN=C(N)N)NC(=O)[C@H](CC(C)C)NC(=O)[C@@H](CC(C)C)NC(=O)[C@H](Cc1ccc(O)cc1)NC(=O)[C@H](CO)NC(=O)[C@H](Cc1c[nH]c2ccccc12)NC(=O)[C@H](Cc1cnc[nH]1)NC(=O)[C@H]1CCC(=O)N1. The lowest BCUT2D eigenvalue weighted by Gasteiger charge is -2.31. The lowest BCUT2D eigenvalue weighted by Crippen LogP contribution is -2.61. The number of aromatic nitrogens is 3. The maximum absolute atomic E-state index is 14.7. The number of hydrogen-bond donors (Lipinski definition) is 15. The van der Waals surface area contributed by atoms with Crippen LogP contribution in [0.1, 0.15) is 103 Å². The number of likely N-dealkylation sites (tertiary alicyclic amines) is 1. The van der Waals surface area contributed by atoms with E-state index in [4.69, 9.17) is 11.5 Å². The van der Waals surface area contributed by atoms with Crippen molar-refractivity contribution in [1.82, 2.24) is 67.7 Å². The number of amides is 10. The average molecular weight is 1210 g/mol. The van der Waals surface area contributed by atoms with Crippen LogP contribution in [-0.2, 0) is 67.2 Å². The van der Waals surface area contributed by atoms with Crippen molar-refractivity contribution < 1.29 is 58.2 Å². The third-order valence-corrected chi connectivity index (χ3v) is 14.9. The second kappa shape index (κ2) is 32.4. The maximum atomic E-state index is 14.7. The number of aromatic hydroxyl groups is 1. The molecule has 2 aromatic heterocycles. The van der Waals surface area contributed by atoms with E-state index in [1.807, 2.05) is 19.9 Å². The average Bonchev–Trinajstić information content (AvgIpc) is 2.39. The van der Waals surface area contributed by atoms with E-state index >= 15 is 0 Å². The molecule has 0 aliphatic carbocycles. The van der Waals surface area contributed by atoms with Crippen molar-refractivity contribution in [3.63, 3.8) is 0 Å². The highest BCUT2D eigenvalue weighted by molar-refractivity contribution is 5.99. The minimum atomic E-state index is -1.75. The fourth-order valence-corrected chi connectivity index (χ4v) is 10.5. The number of phenolic OH excluding ortho intramolecular Hbond substituents is 1. The normalized spacial score (nSPS) is 17.1. The molecule has 0 spiro atoms. The number of H-pyrrole nitrogens is 2. The van der Waals surface area contributed by atoms with Gasteiger partial charge in [0.05, 0.1) is 12.9 Å². The summed E-state index contributed by atoms with van der Waals surface area (Å²) in [5, 5.41) is 45.9. The van der Waals surface area contributed by atoms with E-state index in [0.29, 0.717) is 41.6 Å². The number of phenols is 1. The van der Waals surface area contributed by atoms with Crippen LogP contribution in [0.25, 0.3) is 10.9 Å². The Bertz CT molecular complexity index is 3050. The highest BCUT2D eigenvalue weighted by Gasteiger charge is 2.40. The molecule has 4 heterocycles. The number of aliphatic imine (C=N–C) groups is 1. The highest BCUT2D eigenvalue weighted by Crippen LogP contribution is 2.22. The quantitative estimate of drug-likeness (QED) is 0.0151. The molecular weight excluding hydrogens is 1120 g/mol. The predicted octanol–water partition coefficient (Wildman–Crippen LogP) is -1.44. The van der Waals surface area contributed by atoms with E-state index in [0.717, 1.165) is 5.52 Å². The van der Waals surface area contributed by atoms with Crippen LogP contribution in [0, 0.1) is 11.8 Å². The number of benzene rings is 2. The van der Waals surface area contributed by atoms with Gasteiger partial charge in [-0.2, -0.15) is 0 Å². The number of hydrogen-bond acceptors (Lipinski definition) is 14. The van der Waals surface area contributed by atoms with Gasteiger partial charge in [0.2, 0.25) is 59.1 Å². The van der Waals surface area contributed by atoms with Gasteiger partial charge in [0.15, 0.2) is 5.96 Å². The molecule has 4 aromatic rings. The second-order valence-electron chi connectivity index (χ2n) is 22.8. The molecule has 28 nitrogen and oxygen atoms in total. The minimum absolute atomic E-state index is 0.0397. The van der Waals surface area contributed by atoms with Gasteiger partial charge in [-0.15, -0.1) is 0 Å². The van der Waals surface area contributed by atoms with E-state index in [9.17, 15) is 58.2 Å². The van der Waals surface area contributed by atoms with Crippen LogP contribution in [0.15, 0.2) is 72.2 Å². The summed E-state index contributed by atoms with van der Waals surface area (Å²) in [6, 6.07) is 1.58. The zero-order valence-electron chi connectivity index (χ0n) is 49.8. The first-order valence-corrected chi connectivity index (χ1v) is 29.5. The molecule has 2 aliphatic heterocycles. The molecular formula is C59H84N16O12. The third kappa shape index (κ3) is 20.0. The summed E-state index contributed by atoms with van der Waals surface area (Å²) >= 11 is 0. The fraction of sp³-hybridized carbons (Fsp3) is 0.525. The number of fused-ring (bicyclic) bond motifs is 1. The third-order valence-electron chi connectivity index (χ3n) is 14.9. The molecule has 472 valence electrons. The number of carbonyl (C=O) groups is 10. The number of para-hydroxylation sites is 1. The van der Waals surface area contributed by atoms with Crippen LogP contribution < -0.4 is 59.3 Å². The van der Waals surface area contributed by atoms with E-state index in [1.54, 1.807) is 45.2 Å². The number of nitrogens with two attached hydrogens (primary N) is 2. The monoisotopic (exact) mass is 1210 g/mol. The number of carbonyl (C=O) groups excluding carboxylic acids is 10. The summed E-state index contributed by atoms with van der Waals surface area (Å²) in [5.41, 5.74) is 13.3. The number of aliphatic hydroxyl groups is 1. The van der Waals surface area contributed by atoms with Gasteiger partial charge in [0, 0.05) is 74.3 Å². The molecule has 10 amide bonds.